The fourth-order valence-corrected chi connectivity index (χ4v) is 10.9. The molecular formula is C68H65N3O2. The molecule has 0 radical (unpaired) electrons. The molecule has 0 saturated heterocycles. The normalized spacial score (nSPS) is 12.9. The van der Waals surface area contributed by atoms with Gasteiger partial charge in [-0.05, 0) is 140 Å². The SMILES string of the molecule is CC(C)(C)c1ccc(N(c2ccc(C(C)(C)C)cc2)c2ccc3c(c2)oc2c3c3cc(-c4ccccc4)cc4c5c6ccc(N(c7ccc(C(C)(C)C)cc7)c7ccc(C(C)(C)C)cc7)cc6oc5n2c34)cc1. The Morgan fingerprint density at radius 2 is 0.630 bits per heavy atom. The van der Waals surface area contributed by atoms with Crippen LogP contribution in [-0.2, 0) is 21.7 Å². The van der Waals surface area contributed by atoms with E-state index >= 15 is 0 Å². The highest BCUT2D eigenvalue weighted by molar-refractivity contribution is 6.31. The average molecular weight is 956 g/mol. The van der Waals surface area contributed by atoms with E-state index in [0.29, 0.717) is 0 Å². The molecule has 0 amide bonds. The summed E-state index contributed by atoms with van der Waals surface area (Å²) in [6.45, 7) is 27.2. The summed E-state index contributed by atoms with van der Waals surface area (Å²) >= 11 is 0. The Kier molecular flexibility index (Phi) is 10.4. The van der Waals surface area contributed by atoms with Gasteiger partial charge in [0.25, 0.3) is 0 Å². The van der Waals surface area contributed by atoms with Crippen molar-refractivity contribution in [3.63, 3.8) is 0 Å². The van der Waals surface area contributed by atoms with Gasteiger partial charge in [0.2, 0.25) is 11.4 Å². The largest absolute Gasteiger partial charge is 0.439 e. The maximum absolute atomic E-state index is 7.19. The first-order valence-electron chi connectivity index (χ1n) is 25.9. The van der Waals surface area contributed by atoms with Gasteiger partial charge in [-0.2, -0.15) is 0 Å². The van der Waals surface area contributed by atoms with Crippen LogP contribution in [0.5, 0.6) is 0 Å². The Balaban J connectivity index is 1.06. The minimum absolute atomic E-state index is 0.0393. The molecule has 4 aromatic heterocycles. The van der Waals surface area contributed by atoms with Crippen molar-refractivity contribution in [3.05, 3.63) is 198 Å². The number of benzene rings is 8. The second-order valence-electron chi connectivity index (χ2n) is 24.4. The number of rotatable bonds is 7. The smallest absolute Gasteiger partial charge is 0.216 e. The topological polar surface area (TPSA) is 37.2 Å². The van der Waals surface area contributed by atoms with Crippen molar-refractivity contribution in [1.82, 2.24) is 4.40 Å². The molecule has 364 valence electrons. The molecule has 8 aromatic carbocycles. The number of furan rings is 2. The zero-order chi connectivity index (χ0) is 50.9. The Bertz CT molecular complexity index is 3650. The maximum Gasteiger partial charge on any atom is 0.216 e. The first-order chi connectivity index (χ1) is 34.7. The van der Waals surface area contributed by atoms with Crippen molar-refractivity contribution in [1.29, 1.82) is 0 Å². The Morgan fingerprint density at radius 3 is 0.945 bits per heavy atom. The fourth-order valence-electron chi connectivity index (χ4n) is 10.9. The fraction of sp³-hybridized carbons (Fsp3) is 0.235. The molecule has 5 heteroatoms. The molecule has 0 saturated carbocycles. The quantitative estimate of drug-likeness (QED) is 0.160. The van der Waals surface area contributed by atoms with E-state index in [0.717, 1.165) is 106 Å². The monoisotopic (exact) mass is 956 g/mol. The van der Waals surface area contributed by atoms with Gasteiger partial charge >= 0.3 is 0 Å². The van der Waals surface area contributed by atoms with Gasteiger partial charge in [0, 0.05) is 67.8 Å². The molecule has 0 atom stereocenters. The molecule has 0 N–H and O–H groups in total. The molecule has 0 aliphatic carbocycles. The van der Waals surface area contributed by atoms with Crippen molar-refractivity contribution >= 4 is 94.6 Å². The van der Waals surface area contributed by atoms with Crippen molar-refractivity contribution < 1.29 is 8.83 Å². The van der Waals surface area contributed by atoms with E-state index in [-0.39, 0.29) is 21.7 Å². The summed E-state index contributed by atoms with van der Waals surface area (Å²) in [6.07, 6.45) is 0. The van der Waals surface area contributed by atoms with Crippen LogP contribution in [0.1, 0.15) is 105 Å². The molecule has 5 nitrogen and oxygen atoms in total. The number of hydrogen-bond acceptors (Lipinski definition) is 4. The zero-order valence-corrected chi connectivity index (χ0v) is 44.4. The van der Waals surface area contributed by atoms with Gasteiger partial charge in [-0.3, -0.25) is 0 Å². The highest BCUT2D eigenvalue weighted by Gasteiger charge is 2.29. The summed E-state index contributed by atoms with van der Waals surface area (Å²) in [6, 6.07) is 64.9. The molecule has 12 rings (SSSR count). The lowest BCUT2D eigenvalue weighted by Gasteiger charge is -2.28. The van der Waals surface area contributed by atoms with Crippen LogP contribution in [0.2, 0.25) is 0 Å². The number of nitrogens with zero attached hydrogens (tertiary/aromatic N) is 3. The highest BCUT2D eigenvalue weighted by Crippen LogP contribution is 2.50. The van der Waals surface area contributed by atoms with Crippen LogP contribution in [0.25, 0.3) is 71.6 Å². The number of hydrogen-bond donors (Lipinski definition) is 0. The predicted molar refractivity (Wildman–Crippen MR) is 310 cm³/mol. The molecule has 73 heavy (non-hydrogen) atoms. The van der Waals surface area contributed by atoms with E-state index in [1.807, 2.05) is 0 Å². The second kappa shape index (κ2) is 16.4. The van der Waals surface area contributed by atoms with Gasteiger partial charge in [-0.1, -0.05) is 162 Å². The lowest BCUT2D eigenvalue weighted by molar-refractivity contribution is 0.590. The molecule has 0 fully saturated rings. The molecule has 4 heterocycles. The van der Waals surface area contributed by atoms with Gasteiger partial charge in [0.1, 0.15) is 11.2 Å². The van der Waals surface area contributed by atoms with Crippen LogP contribution >= 0.6 is 0 Å². The van der Waals surface area contributed by atoms with Crippen molar-refractivity contribution in [3.8, 4) is 11.1 Å². The minimum atomic E-state index is 0.0393. The second-order valence-corrected chi connectivity index (χ2v) is 24.4. The summed E-state index contributed by atoms with van der Waals surface area (Å²) in [5.74, 6) is 0. The van der Waals surface area contributed by atoms with Gasteiger partial charge in [0.05, 0.1) is 16.3 Å². The van der Waals surface area contributed by atoms with Crippen molar-refractivity contribution in [2.24, 2.45) is 0 Å². The van der Waals surface area contributed by atoms with Crippen LogP contribution in [-0.4, -0.2) is 4.40 Å². The third kappa shape index (κ3) is 7.83. The van der Waals surface area contributed by atoms with Crippen LogP contribution < -0.4 is 9.80 Å². The van der Waals surface area contributed by atoms with E-state index in [9.17, 15) is 0 Å². The van der Waals surface area contributed by atoms with Crippen LogP contribution in [0.15, 0.2) is 185 Å². The van der Waals surface area contributed by atoms with E-state index in [4.69, 9.17) is 8.83 Å². The number of anilines is 6. The zero-order valence-electron chi connectivity index (χ0n) is 44.4. The third-order valence-electron chi connectivity index (χ3n) is 15.2. The average Bonchev–Trinajstić information content (AvgIpc) is 4.09. The number of aromatic nitrogens is 1. The number of fused-ring (bicyclic) bond motifs is 10. The summed E-state index contributed by atoms with van der Waals surface area (Å²) < 4.78 is 16.6. The van der Waals surface area contributed by atoms with Crippen LogP contribution in [0, 0.1) is 0 Å². The Hall–Kier alpha value is -7.76. The minimum Gasteiger partial charge on any atom is -0.439 e. The first-order valence-corrected chi connectivity index (χ1v) is 25.9. The van der Waals surface area contributed by atoms with Gasteiger partial charge in [0.15, 0.2) is 0 Å². The Labute approximate surface area is 429 Å². The molecule has 0 bridgehead atoms. The summed E-state index contributed by atoms with van der Waals surface area (Å²) in [4.78, 5) is 4.69. The summed E-state index contributed by atoms with van der Waals surface area (Å²) in [7, 11) is 0. The molecule has 12 aromatic rings. The van der Waals surface area contributed by atoms with Gasteiger partial charge in [-0.15, -0.1) is 0 Å². The molecule has 0 aliphatic rings. The summed E-state index contributed by atoms with van der Waals surface area (Å²) in [5, 5.41) is 6.59. The lowest BCUT2D eigenvalue weighted by atomic mass is 9.86. The first kappa shape index (κ1) is 46.3. The maximum atomic E-state index is 7.19. The van der Waals surface area contributed by atoms with Crippen LogP contribution in [0.3, 0.4) is 0 Å². The molecule has 0 spiro atoms. The van der Waals surface area contributed by atoms with Gasteiger partial charge < -0.3 is 18.6 Å². The van der Waals surface area contributed by atoms with Crippen molar-refractivity contribution in [2.45, 2.75) is 105 Å². The predicted octanol–water partition coefficient (Wildman–Crippen LogP) is 20.1. The standard InChI is InChI=1S/C68H65N3O2/c1-65(2,3)44-18-26-48(27-19-44)69(49-28-20-45(21-29-49)66(4,5)6)52-34-36-54-58(40-52)72-63-60(54)56-38-43(42-16-14-13-15-17-42)39-57-61-55-37-35-53(41-59(55)73-64(61)71(63)62(56)57)70(50-30-22-46(23-31-50)67(7,8)9)51-32-24-47(25-33-51)68(10,11)12/h13-41H,1-12H3. The van der Waals surface area contributed by atoms with E-state index < -0.39 is 0 Å². The Morgan fingerprint density at radius 1 is 0.315 bits per heavy atom. The lowest BCUT2D eigenvalue weighted by Crippen LogP contribution is -2.14. The van der Waals surface area contributed by atoms with Crippen molar-refractivity contribution in [2.75, 3.05) is 9.80 Å². The molecule has 0 aliphatic heterocycles. The van der Waals surface area contributed by atoms with E-state index in [2.05, 4.69) is 273 Å². The van der Waals surface area contributed by atoms with Gasteiger partial charge in [-0.25, -0.2) is 4.40 Å². The molecule has 0 unspecified atom stereocenters. The van der Waals surface area contributed by atoms with E-state index in [1.165, 1.54) is 22.3 Å². The highest BCUT2D eigenvalue weighted by atomic mass is 16.4. The summed E-state index contributed by atoms with van der Waals surface area (Å²) in [5.41, 5.74) is 18.4. The third-order valence-corrected chi connectivity index (χ3v) is 15.2. The molecular weight excluding hydrogens is 891 g/mol. The van der Waals surface area contributed by atoms with Crippen LogP contribution in [0.4, 0.5) is 34.1 Å². The van der Waals surface area contributed by atoms with E-state index in [1.54, 1.807) is 0 Å².